The van der Waals surface area contributed by atoms with E-state index in [4.69, 9.17) is 46.4 Å². The average molecular weight is 803 g/mol. The number of hydrogen-bond acceptors (Lipinski definition) is 10. The van der Waals surface area contributed by atoms with Gasteiger partial charge in [-0.3, -0.25) is 19.6 Å². The van der Waals surface area contributed by atoms with E-state index in [1.807, 2.05) is 0 Å². The van der Waals surface area contributed by atoms with Crippen molar-refractivity contribution in [3.63, 3.8) is 0 Å². The summed E-state index contributed by atoms with van der Waals surface area (Å²) in [5.74, 6) is 0.895. The Morgan fingerprint density at radius 1 is 0.593 bits per heavy atom. The number of anilines is 4. The first-order valence-corrected chi connectivity index (χ1v) is 17.8. The van der Waals surface area contributed by atoms with Gasteiger partial charge in [-0.1, -0.05) is 46.4 Å². The number of fused-ring (bicyclic) bond motifs is 6. The Morgan fingerprint density at radius 2 is 0.963 bits per heavy atom. The molecule has 0 saturated carbocycles. The Balaban J connectivity index is 0.000000167. The van der Waals surface area contributed by atoms with Gasteiger partial charge in [-0.15, -0.1) is 0 Å². The lowest BCUT2D eigenvalue weighted by molar-refractivity contribution is 0.199. The molecule has 54 heavy (non-hydrogen) atoms. The van der Waals surface area contributed by atoms with Gasteiger partial charge in [0.2, 0.25) is 0 Å². The van der Waals surface area contributed by atoms with E-state index in [9.17, 15) is 19.8 Å². The zero-order valence-corrected chi connectivity index (χ0v) is 31.3. The Hall–Kier alpha value is -5.34. The van der Waals surface area contributed by atoms with Gasteiger partial charge >= 0.3 is 0 Å². The Kier molecular flexibility index (Phi) is 10.4. The van der Waals surface area contributed by atoms with Crippen LogP contribution in [0.4, 0.5) is 23.0 Å². The SMILES string of the molecule is C[C@@H](O)c1cc(Cl)c(Nc2nc3ccncc3c3c(=O)[nH]ccc23)c(Cl)c1.C[C@H](O)c1cc(Cl)c(Nc2nc3ccncc3c3c(=O)[nH]ccc23)c(Cl)c1. The minimum Gasteiger partial charge on any atom is -0.389 e. The molecule has 8 rings (SSSR count). The summed E-state index contributed by atoms with van der Waals surface area (Å²) >= 11 is 25.5. The maximum absolute atomic E-state index is 12.4. The van der Waals surface area contributed by atoms with Crippen LogP contribution in [0.5, 0.6) is 0 Å². The molecule has 2 aromatic carbocycles. The number of aromatic amines is 2. The second-order valence-electron chi connectivity index (χ2n) is 12.2. The number of aliphatic hydroxyl groups is 2. The van der Waals surface area contributed by atoms with E-state index in [1.165, 1.54) is 0 Å². The first-order valence-electron chi connectivity index (χ1n) is 16.3. The minimum absolute atomic E-state index is 0.238. The monoisotopic (exact) mass is 800 g/mol. The molecule has 8 aromatic rings. The molecule has 0 spiro atoms. The summed E-state index contributed by atoms with van der Waals surface area (Å²) in [5, 5.41) is 30.6. The highest BCUT2D eigenvalue weighted by atomic mass is 35.5. The van der Waals surface area contributed by atoms with Crippen LogP contribution in [-0.4, -0.2) is 40.1 Å². The van der Waals surface area contributed by atoms with Crippen molar-refractivity contribution in [2.75, 3.05) is 10.6 Å². The van der Waals surface area contributed by atoms with Crippen molar-refractivity contribution >= 4 is 113 Å². The van der Waals surface area contributed by atoms with Gasteiger partial charge in [0.1, 0.15) is 11.6 Å². The van der Waals surface area contributed by atoms with Gasteiger partial charge in [0, 0.05) is 58.7 Å². The normalized spacial score (nSPS) is 12.4. The average Bonchev–Trinajstić information content (AvgIpc) is 3.14. The zero-order valence-electron chi connectivity index (χ0n) is 28.2. The maximum atomic E-state index is 12.4. The topological polar surface area (TPSA) is 182 Å². The number of rotatable bonds is 6. The number of nitrogens with zero attached hydrogens (tertiary/aromatic N) is 4. The van der Waals surface area contributed by atoms with E-state index >= 15 is 0 Å². The van der Waals surface area contributed by atoms with Crippen molar-refractivity contribution in [1.82, 2.24) is 29.9 Å². The summed E-state index contributed by atoms with van der Waals surface area (Å²) in [7, 11) is 0. The molecule has 6 aromatic heterocycles. The van der Waals surface area contributed by atoms with Crippen LogP contribution in [0, 0.1) is 0 Å². The highest BCUT2D eigenvalue weighted by Gasteiger charge is 2.18. The first-order chi connectivity index (χ1) is 25.9. The van der Waals surface area contributed by atoms with E-state index in [2.05, 4.69) is 40.5 Å². The zero-order chi connectivity index (χ0) is 38.3. The van der Waals surface area contributed by atoms with Gasteiger partial charge in [0.25, 0.3) is 11.1 Å². The van der Waals surface area contributed by atoms with Crippen LogP contribution in [0.2, 0.25) is 20.1 Å². The largest absolute Gasteiger partial charge is 0.389 e. The number of benzene rings is 2. The minimum atomic E-state index is -0.695. The van der Waals surface area contributed by atoms with Crippen molar-refractivity contribution < 1.29 is 10.2 Å². The number of nitrogens with one attached hydrogen (secondary N) is 4. The molecule has 0 bridgehead atoms. The molecule has 0 unspecified atom stereocenters. The summed E-state index contributed by atoms with van der Waals surface area (Å²) in [4.78, 5) is 47.6. The Labute approximate surface area is 325 Å². The molecule has 0 aliphatic carbocycles. The number of pyridine rings is 6. The van der Waals surface area contributed by atoms with Crippen LogP contribution in [0.25, 0.3) is 43.4 Å². The quantitative estimate of drug-likeness (QED) is 0.0887. The Bertz CT molecular complexity index is 2620. The highest BCUT2D eigenvalue weighted by molar-refractivity contribution is 6.40. The van der Waals surface area contributed by atoms with Gasteiger partial charge in [-0.2, -0.15) is 0 Å². The van der Waals surface area contributed by atoms with Crippen LogP contribution in [0.1, 0.15) is 37.2 Å². The van der Waals surface area contributed by atoms with Crippen LogP contribution in [0.15, 0.2) is 95.3 Å². The lowest BCUT2D eigenvalue weighted by Gasteiger charge is -2.15. The molecule has 6 N–H and O–H groups in total. The third-order valence-electron chi connectivity index (χ3n) is 8.61. The van der Waals surface area contributed by atoms with E-state index in [1.54, 1.807) is 99.6 Å². The summed E-state index contributed by atoms with van der Waals surface area (Å²) in [6, 6.07) is 13.5. The summed E-state index contributed by atoms with van der Waals surface area (Å²) in [6.07, 6.45) is 8.17. The van der Waals surface area contributed by atoms with Gasteiger partial charge in [0.05, 0.1) is 65.5 Å². The van der Waals surface area contributed by atoms with Crippen molar-refractivity contribution in [2.45, 2.75) is 26.1 Å². The van der Waals surface area contributed by atoms with E-state index in [0.29, 0.717) is 97.6 Å². The fraction of sp³-hybridized carbons (Fsp3) is 0.105. The molecule has 0 aliphatic rings. The summed E-state index contributed by atoms with van der Waals surface area (Å²) in [5.41, 5.74) is 2.86. The highest BCUT2D eigenvalue weighted by Crippen LogP contribution is 2.39. The fourth-order valence-corrected chi connectivity index (χ4v) is 7.13. The lowest BCUT2D eigenvalue weighted by atomic mass is 10.1. The molecule has 0 amide bonds. The number of aliphatic hydroxyl groups excluding tert-OH is 2. The molecule has 2 atom stereocenters. The first kappa shape index (κ1) is 37.0. The predicted molar refractivity (Wildman–Crippen MR) is 216 cm³/mol. The second kappa shape index (κ2) is 15.2. The number of halogens is 4. The summed E-state index contributed by atoms with van der Waals surface area (Å²) < 4.78 is 0. The van der Waals surface area contributed by atoms with Crippen LogP contribution >= 0.6 is 46.4 Å². The molecule has 272 valence electrons. The van der Waals surface area contributed by atoms with Crippen LogP contribution in [0.3, 0.4) is 0 Å². The number of H-pyrrole nitrogens is 2. The van der Waals surface area contributed by atoms with Gasteiger partial charge < -0.3 is 30.8 Å². The standard InChI is InChI=1S/2C19H14Cl2N4O2/c2*1-9(26)10-6-13(20)17(14(21)7-10)25-18-11-2-5-23-19(27)16(11)12-8-22-4-3-15(12)24-18/h2*2-9,26H,1H3,(H,23,27)(H,24,25)/t2*9-/m10/s1. The molecule has 0 radical (unpaired) electrons. The second-order valence-corrected chi connectivity index (χ2v) is 13.8. The predicted octanol–water partition coefficient (Wildman–Crippen LogP) is 9.15. The molecule has 0 fully saturated rings. The van der Waals surface area contributed by atoms with E-state index < -0.39 is 12.2 Å². The number of hydrogen-bond donors (Lipinski definition) is 6. The smallest absolute Gasteiger partial charge is 0.256 e. The van der Waals surface area contributed by atoms with Crippen LogP contribution in [-0.2, 0) is 0 Å². The van der Waals surface area contributed by atoms with Gasteiger partial charge in [0.15, 0.2) is 0 Å². The van der Waals surface area contributed by atoms with E-state index in [0.717, 1.165) is 0 Å². The van der Waals surface area contributed by atoms with Crippen molar-refractivity contribution in [3.8, 4) is 0 Å². The van der Waals surface area contributed by atoms with Gasteiger partial charge in [-0.05, 0) is 73.5 Å². The molecular weight excluding hydrogens is 774 g/mol. The third kappa shape index (κ3) is 7.15. The van der Waals surface area contributed by atoms with Crippen molar-refractivity contribution in [2.24, 2.45) is 0 Å². The van der Waals surface area contributed by atoms with Crippen molar-refractivity contribution in [3.05, 3.63) is 138 Å². The molecule has 0 saturated heterocycles. The molecule has 12 nitrogen and oxygen atoms in total. The number of aromatic nitrogens is 6. The van der Waals surface area contributed by atoms with Crippen LogP contribution < -0.4 is 21.8 Å². The molecule has 16 heteroatoms. The van der Waals surface area contributed by atoms with E-state index in [-0.39, 0.29) is 11.1 Å². The molecular formula is C38H28Cl4N8O4. The third-order valence-corrected chi connectivity index (χ3v) is 9.80. The maximum Gasteiger partial charge on any atom is 0.256 e. The lowest BCUT2D eigenvalue weighted by Crippen LogP contribution is -2.08. The molecule has 0 aliphatic heterocycles. The van der Waals surface area contributed by atoms with Crippen molar-refractivity contribution in [1.29, 1.82) is 0 Å². The fourth-order valence-electron chi connectivity index (χ4n) is 5.94. The Morgan fingerprint density at radius 3 is 1.31 bits per heavy atom. The summed E-state index contributed by atoms with van der Waals surface area (Å²) in [6.45, 7) is 3.27. The molecule has 6 heterocycles. The van der Waals surface area contributed by atoms with Gasteiger partial charge in [-0.25, -0.2) is 9.97 Å².